The quantitative estimate of drug-likeness (QED) is 0.659. The Morgan fingerprint density at radius 1 is 1.07 bits per heavy atom. The van der Waals surface area contributed by atoms with Crippen LogP contribution >= 0.6 is 0 Å². The van der Waals surface area contributed by atoms with Crippen molar-refractivity contribution in [2.75, 3.05) is 7.05 Å². The summed E-state index contributed by atoms with van der Waals surface area (Å²) in [6.45, 7) is 11.7. The van der Waals surface area contributed by atoms with Crippen LogP contribution in [-0.2, 0) is 0 Å². The van der Waals surface area contributed by atoms with Crippen molar-refractivity contribution in [1.82, 2.24) is 5.32 Å². The number of rotatable bonds is 7. The van der Waals surface area contributed by atoms with Crippen molar-refractivity contribution in [2.24, 2.45) is 17.8 Å². The van der Waals surface area contributed by atoms with Crippen molar-refractivity contribution in [2.45, 2.75) is 59.9 Å². The van der Waals surface area contributed by atoms with E-state index in [4.69, 9.17) is 0 Å². The fourth-order valence-electron chi connectivity index (χ4n) is 2.70. The highest BCUT2D eigenvalue weighted by Crippen LogP contribution is 2.26. The molecule has 0 amide bonds. The molecule has 14 heavy (non-hydrogen) atoms. The molecule has 0 spiro atoms. The summed E-state index contributed by atoms with van der Waals surface area (Å²) in [7, 11) is 2.11. The molecule has 0 heterocycles. The van der Waals surface area contributed by atoms with E-state index in [9.17, 15) is 0 Å². The molecule has 0 saturated heterocycles. The Kier molecular flexibility index (Phi) is 7.26. The van der Waals surface area contributed by atoms with Gasteiger partial charge in [0.2, 0.25) is 0 Å². The lowest BCUT2D eigenvalue weighted by Gasteiger charge is -2.33. The lowest BCUT2D eigenvalue weighted by molar-refractivity contribution is 0.212. The molecule has 0 bridgehead atoms. The van der Waals surface area contributed by atoms with Gasteiger partial charge in [0.25, 0.3) is 0 Å². The highest BCUT2D eigenvalue weighted by Gasteiger charge is 2.25. The van der Waals surface area contributed by atoms with Crippen molar-refractivity contribution >= 4 is 0 Å². The summed E-state index contributed by atoms with van der Waals surface area (Å²) in [5.41, 5.74) is 0. The zero-order valence-electron chi connectivity index (χ0n) is 10.9. The van der Waals surface area contributed by atoms with Crippen LogP contribution in [0.4, 0.5) is 0 Å². The van der Waals surface area contributed by atoms with Gasteiger partial charge in [-0.1, -0.05) is 47.5 Å². The van der Waals surface area contributed by atoms with Crippen LogP contribution in [0.3, 0.4) is 0 Å². The lowest BCUT2D eigenvalue weighted by atomic mass is 9.79. The Bertz CT molecular complexity index is 131. The molecule has 0 fully saturated rings. The van der Waals surface area contributed by atoms with Crippen molar-refractivity contribution in [3.05, 3.63) is 0 Å². The van der Waals surface area contributed by atoms with Crippen LogP contribution in [-0.4, -0.2) is 13.1 Å². The van der Waals surface area contributed by atoms with E-state index in [0.29, 0.717) is 6.04 Å². The van der Waals surface area contributed by atoms with Gasteiger partial charge in [-0.2, -0.15) is 0 Å². The summed E-state index contributed by atoms with van der Waals surface area (Å²) in [6.07, 6.45) is 3.93. The van der Waals surface area contributed by atoms with Gasteiger partial charge in [-0.15, -0.1) is 0 Å². The second-order valence-electron chi connectivity index (χ2n) is 4.90. The smallest absolute Gasteiger partial charge is 0.0120 e. The van der Waals surface area contributed by atoms with Crippen LogP contribution in [0.15, 0.2) is 0 Å². The minimum absolute atomic E-state index is 0.694. The Morgan fingerprint density at radius 3 is 1.93 bits per heavy atom. The molecule has 0 aromatic rings. The van der Waals surface area contributed by atoms with Gasteiger partial charge in [-0.05, 0) is 31.2 Å². The van der Waals surface area contributed by atoms with E-state index in [-0.39, 0.29) is 0 Å². The molecule has 0 aliphatic rings. The standard InChI is InChI=1S/C13H29N/c1-7-9-11(5)13(14-6)12(8-2)10(3)4/h10-14H,7-9H2,1-6H3/t11-,12?,13?/m1/s1. The minimum Gasteiger partial charge on any atom is -0.316 e. The molecule has 0 rings (SSSR count). The second kappa shape index (κ2) is 7.28. The van der Waals surface area contributed by atoms with E-state index in [1.165, 1.54) is 19.3 Å². The topological polar surface area (TPSA) is 12.0 Å². The zero-order chi connectivity index (χ0) is 11.1. The average Bonchev–Trinajstić information content (AvgIpc) is 2.13. The highest BCUT2D eigenvalue weighted by atomic mass is 14.9. The Balaban J connectivity index is 4.34. The van der Waals surface area contributed by atoms with E-state index < -0.39 is 0 Å². The summed E-state index contributed by atoms with van der Waals surface area (Å²) >= 11 is 0. The first kappa shape index (κ1) is 14.0. The van der Waals surface area contributed by atoms with Crippen molar-refractivity contribution < 1.29 is 0 Å². The number of hydrogen-bond donors (Lipinski definition) is 1. The molecule has 0 aromatic carbocycles. The molecule has 1 heteroatoms. The van der Waals surface area contributed by atoms with E-state index >= 15 is 0 Å². The predicted molar refractivity (Wildman–Crippen MR) is 65.5 cm³/mol. The van der Waals surface area contributed by atoms with Crippen LogP contribution < -0.4 is 5.32 Å². The van der Waals surface area contributed by atoms with Crippen molar-refractivity contribution in [3.63, 3.8) is 0 Å². The van der Waals surface area contributed by atoms with Gasteiger partial charge in [0.05, 0.1) is 0 Å². The normalized spacial score (nSPS) is 18.2. The monoisotopic (exact) mass is 199 g/mol. The molecule has 86 valence electrons. The summed E-state index contributed by atoms with van der Waals surface area (Å²) in [4.78, 5) is 0. The third kappa shape index (κ3) is 4.00. The Morgan fingerprint density at radius 2 is 1.64 bits per heavy atom. The summed E-state index contributed by atoms with van der Waals surface area (Å²) in [5, 5.41) is 3.52. The van der Waals surface area contributed by atoms with E-state index in [1.54, 1.807) is 0 Å². The maximum atomic E-state index is 3.52. The van der Waals surface area contributed by atoms with Gasteiger partial charge >= 0.3 is 0 Å². The van der Waals surface area contributed by atoms with Gasteiger partial charge in [0.15, 0.2) is 0 Å². The van der Waals surface area contributed by atoms with Crippen molar-refractivity contribution in [3.8, 4) is 0 Å². The fourth-order valence-corrected chi connectivity index (χ4v) is 2.70. The summed E-state index contributed by atoms with van der Waals surface area (Å²) < 4.78 is 0. The van der Waals surface area contributed by atoms with Gasteiger partial charge < -0.3 is 5.32 Å². The second-order valence-corrected chi connectivity index (χ2v) is 4.90. The molecule has 0 aliphatic carbocycles. The first-order valence-electron chi connectivity index (χ1n) is 6.25. The van der Waals surface area contributed by atoms with Crippen LogP contribution in [0, 0.1) is 17.8 Å². The SMILES string of the molecule is CCC[C@@H](C)C(NC)C(CC)C(C)C. The lowest BCUT2D eigenvalue weighted by Crippen LogP contribution is -2.41. The zero-order valence-corrected chi connectivity index (χ0v) is 10.9. The number of hydrogen-bond acceptors (Lipinski definition) is 1. The molecule has 0 radical (unpaired) electrons. The first-order chi connectivity index (χ1) is 6.58. The minimum atomic E-state index is 0.694. The van der Waals surface area contributed by atoms with Crippen LogP contribution in [0.1, 0.15) is 53.9 Å². The van der Waals surface area contributed by atoms with Gasteiger partial charge in [-0.3, -0.25) is 0 Å². The first-order valence-corrected chi connectivity index (χ1v) is 6.25. The molecule has 0 aliphatic heterocycles. The summed E-state index contributed by atoms with van der Waals surface area (Å²) in [6, 6.07) is 0.694. The van der Waals surface area contributed by atoms with Crippen LogP contribution in [0.25, 0.3) is 0 Å². The van der Waals surface area contributed by atoms with Crippen LogP contribution in [0.5, 0.6) is 0 Å². The van der Waals surface area contributed by atoms with Gasteiger partial charge in [-0.25, -0.2) is 0 Å². The van der Waals surface area contributed by atoms with E-state index in [0.717, 1.165) is 17.8 Å². The molecule has 3 atom stereocenters. The molecule has 1 nitrogen and oxygen atoms in total. The van der Waals surface area contributed by atoms with Crippen LogP contribution in [0.2, 0.25) is 0 Å². The maximum Gasteiger partial charge on any atom is 0.0120 e. The predicted octanol–water partition coefficient (Wildman–Crippen LogP) is 3.69. The highest BCUT2D eigenvalue weighted by molar-refractivity contribution is 4.81. The molecular formula is C13H29N. The molecular weight excluding hydrogens is 170 g/mol. The fraction of sp³-hybridized carbons (Fsp3) is 1.00. The van der Waals surface area contributed by atoms with E-state index in [1.807, 2.05) is 0 Å². The van der Waals surface area contributed by atoms with Crippen molar-refractivity contribution in [1.29, 1.82) is 0 Å². The number of nitrogens with one attached hydrogen (secondary N) is 1. The average molecular weight is 199 g/mol. The van der Waals surface area contributed by atoms with Gasteiger partial charge in [0.1, 0.15) is 0 Å². The molecule has 0 saturated carbocycles. The Labute approximate surface area is 90.7 Å². The molecule has 0 aromatic heterocycles. The Hall–Kier alpha value is -0.0400. The molecule has 1 N–H and O–H groups in total. The van der Waals surface area contributed by atoms with Gasteiger partial charge in [0, 0.05) is 6.04 Å². The third-order valence-corrected chi connectivity index (χ3v) is 3.48. The maximum absolute atomic E-state index is 3.52. The largest absolute Gasteiger partial charge is 0.316 e. The molecule has 2 unspecified atom stereocenters. The van der Waals surface area contributed by atoms with E-state index in [2.05, 4.69) is 47.0 Å². The summed E-state index contributed by atoms with van der Waals surface area (Å²) in [5.74, 6) is 2.41. The third-order valence-electron chi connectivity index (χ3n) is 3.48.